The zero-order valence-electron chi connectivity index (χ0n) is 15.4. The van der Waals surface area contributed by atoms with Crippen molar-refractivity contribution in [1.82, 2.24) is 9.88 Å². The minimum absolute atomic E-state index is 0.0774. The number of piperazine rings is 1. The van der Waals surface area contributed by atoms with E-state index in [2.05, 4.69) is 9.88 Å². The lowest BCUT2D eigenvalue weighted by Crippen LogP contribution is -2.57. The van der Waals surface area contributed by atoms with Gasteiger partial charge in [-0.15, -0.1) is 0 Å². The molecule has 1 saturated heterocycles. The first-order valence-corrected chi connectivity index (χ1v) is 10.2. The lowest BCUT2D eigenvalue weighted by molar-refractivity contribution is -0.172. The highest BCUT2D eigenvalue weighted by Gasteiger charge is 2.57. The number of carbonyl (C=O) groups is 1. The van der Waals surface area contributed by atoms with E-state index in [0.29, 0.717) is 24.2 Å². The van der Waals surface area contributed by atoms with Crippen LogP contribution in [0.3, 0.4) is 0 Å². The smallest absolute Gasteiger partial charge is 0.223 e. The fraction of sp³-hybridized carbons (Fsp3) is 0.714. The van der Waals surface area contributed by atoms with Gasteiger partial charge in [-0.3, -0.25) is 4.79 Å². The Labute approximate surface area is 155 Å². The van der Waals surface area contributed by atoms with Gasteiger partial charge >= 0.3 is 0 Å². The predicted octanol–water partition coefficient (Wildman–Crippen LogP) is 2.45. The Bertz CT molecular complexity index is 670. The maximum Gasteiger partial charge on any atom is 0.223 e. The number of rotatable bonds is 3. The Morgan fingerprint density at radius 3 is 2.46 bits per heavy atom. The van der Waals surface area contributed by atoms with E-state index in [0.717, 1.165) is 64.1 Å². The quantitative estimate of drug-likeness (QED) is 0.905. The largest absolute Gasteiger partial charge is 0.390 e. The van der Waals surface area contributed by atoms with Crippen LogP contribution >= 0.6 is 0 Å². The van der Waals surface area contributed by atoms with Crippen LogP contribution in [-0.4, -0.2) is 52.7 Å². The molecular formula is C21H29N3O2. The fourth-order valence-corrected chi connectivity index (χ4v) is 6.77. The van der Waals surface area contributed by atoms with Gasteiger partial charge in [-0.05, 0) is 67.9 Å². The molecule has 5 aliphatic rings. The second-order valence-electron chi connectivity index (χ2n) is 9.42. The SMILES string of the molecule is O=C(CC12C[C@H]3C[C@@H](CC(O)(C3)C1)C2)N1CCN(c2ccccn2)CC1. The highest BCUT2D eigenvalue weighted by atomic mass is 16.3. The maximum atomic E-state index is 13.0. The Morgan fingerprint density at radius 2 is 1.85 bits per heavy atom. The number of hydrogen-bond donors (Lipinski definition) is 1. The molecule has 0 aromatic carbocycles. The van der Waals surface area contributed by atoms with Gasteiger partial charge in [-0.25, -0.2) is 4.98 Å². The van der Waals surface area contributed by atoms with E-state index in [1.807, 2.05) is 29.3 Å². The van der Waals surface area contributed by atoms with Gasteiger partial charge in [0.15, 0.2) is 0 Å². The molecule has 0 spiro atoms. The van der Waals surface area contributed by atoms with Crippen LogP contribution in [0.25, 0.3) is 0 Å². The second-order valence-corrected chi connectivity index (χ2v) is 9.42. The number of carbonyl (C=O) groups excluding carboxylic acids is 1. The van der Waals surface area contributed by atoms with E-state index in [4.69, 9.17) is 0 Å². The molecule has 26 heavy (non-hydrogen) atoms. The van der Waals surface area contributed by atoms with E-state index in [9.17, 15) is 9.90 Å². The van der Waals surface area contributed by atoms with Crippen molar-refractivity contribution >= 4 is 11.7 Å². The lowest BCUT2D eigenvalue weighted by atomic mass is 9.47. The molecule has 1 N–H and O–H groups in total. The maximum absolute atomic E-state index is 13.0. The van der Waals surface area contributed by atoms with Gasteiger partial charge in [-0.2, -0.15) is 0 Å². The normalized spacial score (nSPS) is 38.7. The Hall–Kier alpha value is -1.62. The standard InChI is InChI=1S/C21H29N3O2/c25-19(24-7-5-23(6-8-24)18-3-1-2-4-22-18)14-20-10-16-9-17(11-20)13-21(26,12-16)15-20/h1-4,16-17,26H,5-15H2/t16-,17-,20?,21?/m1/s1. The molecule has 6 rings (SSSR count). The van der Waals surface area contributed by atoms with E-state index in [1.165, 1.54) is 6.42 Å². The third-order valence-electron chi connectivity index (χ3n) is 7.28. The van der Waals surface area contributed by atoms with Crippen LogP contribution in [0.5, 0.6) is 0 Å². The molecule has 4 aliphatic carbocycles. The summed E-state index contributed by atoms with van der Waals surface area (Å²) in [6, 6.07) is 5.98. The van der Waals surface area contributed by atoms with Crippen molar-refractivity contribution < 1.29 is 9.90 Å². The van der Waals surface area contributed by atoms with Crippen LogP contribution in [0.2, 0.25) is 0 Å². The average molecular weight is 355 g/mol. The van der Waals surface area contributed by atoms with Crippen molar-refractivity contribution in [3.8, 4) is 0 Å². The molecule has 1 amide bonds. The summed E-state index contributed by atoms with van der Waals surface area (Å²) in [5, 5.41) is 10.9. The molecule has 1 aromatic heterocycles. The van der Waals surface area contributed by atoms with Gasteiger partial charge in [0.05, 0.1) is 5.60 Å². The van der Waals surface area contributed by atoms with Crippen LogP contribution < -0.4 is 4.90 Å². The molecule has 1 aromatic rings. The first-order chi connectivity index (χ1) is 12.5. The van der Waals surface area contributed by atoms with Crippen molar-refractivity contribution in [1.29, 1.82) is 0 Å². The topological polar surface area (TPSA) is 56.7 Å². The number of aliphatic hydroxyl groups is 1. The second kappa shape index (κ2) is 5.95. The van der Waals surface area contributed by atoms with Crippen molar-refractivity contribution in [2.75, 3.05) is 31.1 Å². The van der Waals surface area contributed by atoms with Crippen molar-refractivity contribution in [2.45, 2.75) is 50.5 Å². The van der Waals surface area contributed by atoms with E-state index in [1.54, 1.807) is 0 Å². The molecule has 5 fully saturated rings. The van der Waals surface area contributed by atoms with Gasteiger partial charge in [-0.1, -0.05) is 6.07 Å². The highest BCUT2D eigenvalue weighted by molar-refractivity contribution is 5.77. The highest BCUT2D eigenvalue weighted by Crippen LogP contribution is 2.62. The van der Waals surface area contributed by atoms with E-state index in [-0.39, 0.29) is 5.41 Å². The first-order valence-electron chi connectivity index (χ1n) is 10.2. The fourth-order valence-electron chi connectivity index (χ4n) is 6.77. The van der Waals surface area contributed by atoms with Gasteiger partial charge in [0, 0.05) is 38.8 Å². The number of hydrogen-bond acceptors (Lipinski definition) is 4. The molecule has 5 nitrogen and oxygen atoms in total. The first kappa shape index (κ1) is 16.5. The Morgan fingerprint density at radius 1 is 1.12 bits per heavy atom. The summed E-state index contributed by atoms with van der Waals surface area (Å²) in [6.07, 6.45) is 8.87. The minimum atomic E-state index is -0.470. The Balaban J connectivity index is 1.22. The summed E-state index contributed by atoms with van der Waals surface area (Å²) in [4.78, 5) is 21.8. The van der Waals surface area contributed by atoms with Crippen molar-refractivity contribution in [2.24, 2.45) is 17.3 Å². The number of amides is 1. The monoisotopic (exact) mass is 355 g/mol. The van der Waals surface area contributed by atoms with Gasteiger partial charge < -0.3 is 14.9 Å². The van der Waals surface area contributed by atoms with Crippen LogP contribution in [0.1, 0.15) is 44.9 Å². The number of nitrogens with zero attached hydrogens (tertiary/aromatic N) is 3. The van der Waals surface area contributed by atoms with Gasteiger partial charge in [0.2, 0.25) is 5.91 Å². The minimum Gasteiger partial charge on any atom is -0.390 e. The van der Waals surface area contributed by atoms with E-state index >= 15 is 0 Å². The molecule has 1 aliphatic heterocycles. The number of pyridine rings is 1. The van der Waals surface area contributed by atoms with Crippen LogP contribution in [0.15, 0.2) is 24.4 Å². The summed E-state index contributed by atoms with van der Waals surface area (Å²) in [5.41, 5.74) is -0.393. The third-order valence-corrected chi connectivity index (χ3v) is 7.28. The molecule has 0 unspecified atom stereocenters. The van der Waals surface area contributed by atoms with Gasteiger partial charge in [0.25, 0.3) is 0 Å². The van der Waals surface area contributed by atoms with Gasteiger partial charge in [0.1, 0.15) is 5.82 Å². The van der Waals surface area contributed by atoms with Crippen LogP contribution in [0.4, 0.5) is 5.82 Å². The summed E-state index contributed by atoms with van der Waals surface area (Å²) in [7, 11) is 0. The predicted molar refractivity (Wildman–Crippen MR) is 99.7 cm³/mol. The zero-order valence-corrected chi connectivity index (χ0v) is 15.4. The third kappa shape index (κ3) is 2.90. The zero-order chi connectivity index (χ0) is 17.8. The number of anilines is 1. The summed E-state index contributed by atoms with van der Waals surface area (Å²) >= 11 is 0. The summed E-state index contributed by atoms with van der Waals surface area (Å²) in [6.45, 7) is 3.26. The van der Waals surface area contributed by atoms with Crippen molar-refractivity contribution in [3.05, 3.63) is 24.4 Å². The Kier molecular flexibility index (Phi) is 3.78. The molecule has 2 atom stereocenters. The van der Waals surface area contributed by atoms with Crippen molar-refractivity contribution in [3.63, 3.8) is 0 Å². The van der Waals surface area contributed by atoms with E-state index < -0.39 is 5.60 Å². The summed E-state index contributed by atoms with van der Waals surface area (Å²) < 4.78 is 0. The molecule has 140 valence electrons. The number of aromatic nitrogens is 1. The molecule has 2 heterocycles. The lowest BCUT2D eigenvalue weighted by Gasteiger charge is -2.60. The van der Waals surface area contributed by atoms with Crippen LogP contribution in [-0.2, 0) is 4.79 Å². The molecule has 4 bridgehead atoms. The van der Waals surface area contributed by atoms with Crippen LogP contribution in [0, 0.1) is 17.3 Å². The summed E-state index contributed by atoms with van der Waals surface area (Å²) in [5.74, 6) is 2.60. The molecule has 4 saturated carbocycles. The molecule has 0 radical (unpaired) electrons. The molecular weight excluding hydrogens is 326 g/mol. The average Bonchev–Trinajstić information content (AvgIpc) is 2.60. The molecule has 5 heteroatoms.